The van der Waals surface area contributed by atoms with Crippen LogP contribution in [0, 0.1) is 0 Å². The van der Waals surface area contributed by atoms with Crippen molar-refractivity contribution in [2.45, 2.75) is 18.9 Å². The number of carbonyl (C=O) groups excluding carboxylic acids is 1. The standard InChI is InChI=1S/C23H20O5/c1-27-20-13-21-22(18(25)12-19(28-21)14-7-3-2-4-8-14)23(26)16(20)11-15-9-5-6-10-17(15)24/h2-10,13,19,24,26H,11-12H2,1H3. The number of hydrogen-bond acceptors (Lipinski definition) is 5. The Bertz CT molecular complexity index is 1030. The van der Waals surface area contributed by atoms with E-state index in [2.05, 4.69) is 0 Å². The molecule has 5 nitrogen and oxygen atoms in total. The smallest absolute Gasteiger partial charge is 0.174 e. The van der Waals surface area contributed by atoms with Gasteiger partial charge in [0, 0.05) is 18.1 Å². The lowest BCUT2D eigenvalue weighted by atomic mass is 9.92. The first-order valence-electron chi connectivity index (χ1n) is 9.03. The molecule has 1 atom stereocenters. The van der Waals surface area contributed by atoms with E-state index in [1.807, 2.05) is 30.3 Å². The molecular weight excluding hydrogens is 356 g/mol. The number of ketones is 1. The zero-order valence-electron chi connectivity index (χ0n) is 15.4. The molecule has 0 aromatic heterocycles. The summed E-state index contributed by atoms with van der Waals surface area (Å²) in [5, 5.41) is 20.9. The van der Waals surface area contributed by atoms with Gasteiger partial charge in [0.25, 0.3) is 0 Å². The molecule has 28 heavy (non-hydrogen) atoms. The van der Waals surface area contributed by atoms with Crippen molar-refractivity contribution in [3.63, 3.8) is 0 Å². The number of methoxy groups -OCH3 is 1. The summed E-state index contributed by atoms with van der Waals surface area (Å²) < 4.78 is 11.5. The molecule has 2 N–H and O–H groups in total. The molecule has 4 rings (SSSR count). The molecule has 3 aromatic carbocycles. The minimum atomic E-state index is -0.408. The van der Waals surface area contributed by atoms with E-state index < -0.39 is 6.10 Å². The van der Waals surface area contributed by atoms with Crippen LogP contribution in [0.2, 0.25) is 0 Å². The van der Waals surface area contributed by atoms with Gasteiger partial charge in [0.05, 0.1) is 13.5 Å². The molecular formula is C23H20O5. The summed E-state index contributed by atoms with van der Waals surface area (Å²) >= 11 is 0. The van der Waals surface area contributed by atoms with Crippen LogP contribution in [0.1, 0.15) is 39.6 Å². The van der Waals surface area contributed by atoms with Crippen molar-refractivity contribution < 1.29 is 24.5 Å². The highest BCUT2D eigenvalue weighted by atomic mass is 16.5. The second-order valence-electron chi connectivity index (χ2n) is 6.73. The van der Waals surface area contributed by atoms with Crippen LogP contribution in [0.15, 0.2) is 60.7 Å². The number of fused-ring (bicyclic) bond motifs is 1. The molecule has 3 aromatic rings. The maximum atomic E-state index is 12.8. The highest BCUT2D eigenvalue weighted by Gasteiger charge is 2.33. The van der Waals surface area contributed by atoms with Crippen molar-refractivity contribution in [2.24, 2.45) is 0 Å². The van der Waals surface area contributed by atoms with Gasteiger partial charge in [-0.2, -0.15) is 0 Å². The molecule has 1 aliphatic rings. The van der Waals surface area contributed by atoms with Gasteiger partial charge >= 0.3 is 0 Å². The average molecular weight is 376 g/mol. The molecule has 0 amide bonds. The molecule has 0 fully saturated rings. The van der Waals surface area contributed by atoms with Crippen LogP contribution in [-0.2, 0) is 6.42 Å². The van der Waals surface area contributed by atoms with E-state index in [4.69, 9.17) is 9.47 Å². The Labute approximate surface area is 162 Å². The van der Waals surface area contributed by atoms with E-state index >= 15 is 0 Å². The van der Waals surface area contributed by atoms with Gasteiger partial charge in [-0.05, 0) is 17.2 Å². The van der Waals surface area contributed by atoms with Crippen LogP contribution in [-0.4, -0.2) is 23.1 Å². The average Bonchev–Trinajstić information content (AvgIpc) is 2.71. The Balaban J connectivity index is 1.76. The Morgan fingerprint density at radius 1 is 1.07 bits per heavy atom. The van der Waals surface area contributed by atoms with Crippen LogP contribution in [0.5, 0.6) is 23.0 Å². The number of para-hydroxylation sites is 1. The molecule has 0 radical (unpaired) electrons. The topological polar surface area (TPSA) is 76.0 Å². The van der Waals surface area contributed by atoms with Crippen LogP contribution in [0.25, 0.3) is 0 Å². The number of ether oxygens (including phenoxy) is 2. The molecule has 1 heterocycles. The highest BCUT2D eigenvalue weighted by molar-refractivity contribution is 6.03. The minimum absolute atomic E-state index is 0.119. The van der Waals surface area contributed by atoms with E-state index in [-0.39, 0.29) is 35.7 Å². The molecule has 5 heteroatoms. The maximum absolute atomic E-state index is 12.8. The van der Waals surface area contributed by atoms with Crippen molar-refractivity contribution >= 4 is 5.78 Å². The molecule has 1 unspecified atom stereocenters. The zero-order chi connectivity index (χ0) is 19.7. The van der Waals surface area contributed by atoms with Crippen molar-refractivity contribution in [1.82, 2.24) is 0 Å². The van der Waals surface area contributed by atoms with Crippen molar-refractivity contribution in [3.8, 4) is 23.0 Å². The van der Waals surface area contributed by atoms with Gasteiger partial charge in [-0.25, -0.2) is 0 Å². The van der Waals surface area contributed by atoms with Crippen molar-refractivity contribution in [1.29, 1.82) is 0 Å². The van der Waals surface area contributed by atoms with Crippen LogP contribution >= 0.6 is 0 Å². The summed E-state index contributed by atoms with van der Waals surface area (Å²) in [5.74, 6) is 0.484. The zero-order valence-corrected chi connectivity index (χ0v) is 15.4. The van der Waals surface area contributed by atoms with Crippen molar-refractivity contribution in [3.05, 3.63) is 82.9 Å². The third-order valence-electron chi connectivity index (χ3n) is 5.00. The summed E-state index contributed by atoms with van der Waals surface area (Å²) in [7, 11) is 1.49. The summed E-state index contributed by atoms with van der Waals surface area (Å²) in [6.07, 6.45) is -0.0357. The third kappa shape index (κ3) is 3.16. The predicted octanol–water partition coefficient (Wildman–Crippen LogP) is 4.40. The lowest BCUT2D eigenvalue weighted by Crippen LogP contribution is -2.21. The first-order valence-corrected chi connectivity index (χ1v) is 9.03. The van der Waals surface area contributed by atoms with E-state index in [0.717, 1.165) is 5.56 Å². The minimum Gasteiger partial charge on any atom is -0.508 e. The predicted molar refractivity (Wildman–Crippen MR) is 104 cm³/mol. The number of carbonyl (C=O) groups is 1. The summed E-state index contributed by atoms with van der Waals surface area (Å²) in [5.41, 5.74) is 2.14. The Hall–Kier alpha value is -3.47. The first kappa shape index (κ1) is 17.9. The van der Waals surface area contributed by atoms with Crippen LogP contribution < -0.4 is 9.47 Å². The van der Waals surface area contributed by atoms with Gasteiger partial charge in [-0.15, -0.1) is 0 Å². The van der Waals surface area contributed by atoms with E-state index in [9.17, 15) is 15.0 Å². The van der Waals surface area contributed by atoms with Gasteiger partial charge in [0.15, 0.2) is 5.78 Å². The molecule has 0 saturated heterocycles. The van der Waals surface area contributed by atoms with Gasteiger partial charge < -0.3 is 19.7 Å². The van der Waals surface area contributed by atoms with E-state index in [1.165, 1.54) is 7.11 Å². The molecule has 0 bridgehead atoms. The van der Waals surface area contributed by atoms with Gasteiger partial charge in [-0.1, -0.05) is 48.5 Å². The fraction of sp³-hybridized carbons (Fsp3) is 0.174. The molecule has 0 aliphatic carbocycles. The number of Topliss-reactive ketones (excluding diaryl/α,β-unsaturated/α-hetero) is 1. The van der Waals surface area contributed by atoms with E-state index in [1.54, 1.807) is 30.3 Å². The largest absolute Gasteiger partial charge is 0.508 e. The Kier molecular flexibility index (Phi) is 4.65. The number of aromatic hydroxyl groups is 2. The third-order valence-corrected chi connectivity index (χ3v) is 5.00. The number of phenols is 2. The van der Waals surface area contributed by atoms with Crippen LogP contribution in [0.3, 0.4) is 0 Å². The highest BCUT2D eigenvalue weighted by Crippen LogP contribution is 2.45. The summed E-state index contributed by atoms with van der Waals surface area (Å²) in [4.78, 5) is 12.8. The van der Waals surface area contributed by atoms with Gasteiger partial charge in [0.1, 0.15) is 34.7 Å². The van der Waals surface area contributed by atoms with Gasteiger partial charge in [-0.3, -0.25) is 4.79 Å². The SMILES string of the molecule is COc1cc2c(c(O)c1Cc1ccccc1O)C(=O)CC(c1ccccc1)O2. The molecule has 1 aliphatic heterocycles. The quantitative estimate of drug-likeness (QED) is 0.706. The number of phenolic OH excluding ortho intramolecular Hbond substituents is 2. The summed E-state index contributed by atoms with van der Waals surface area (Å²) in [6, 6.07) is 18.0. The normalized spacial score (nSPS) is 15.6. The van der Waals surface area contributed by atoms with Crippen LogP contribution in [0.4, 0.5) is 0 Å². The molecule has 0 saturated carbocycles. The van der Waals surface area contributed by atoms with Gasteiger partial charge in [0.2, 0.25) is 0 Å². The number of hydrogen-bond donors (Lipinski definition) is 2. The van der Waals surface area contributed by atoms with E-state index in [0.29, 0.717) is 22.6 Å². The molecule has 142 valence electrons. The first-order chi connectivity index (χ1) is 13.6. The summed E-state index contributed by atoms with van der Waals surface area (Å²) in [6.45, 7) is 0. The lowest BCUT2D eigenvalue weighted by molar-refractivity contribution is 0.0844. The fourth-order valence-corrected chi connectivity index (χ4v) is 3.55. The maximum Gasteiger partial charge on any atom is 0.174 e. The monoisotopic (exact) mass is 376 g/mol. The lowest BCUT2D eigenvalue weighted by Gasteiger charge is -2.27. The molecule has 0 spiro atoms. The second kappa shape index (κ2) is 7.27. The number of benzene rings is 3. The Morgan fingerprint density at radius 2 is 1.79 bits per heavy atom. The Morgan fingerprint density at radius 3 is 2.50 bits per heavy atom. The fourth-order valence-electron chi connectivity index (χ4n) is 3.55. The number of rotatable bonds is 4. The van der Waals surface area contributed by atoms with Crippen molar-refractivity contribution in [2.75, 3.05) is 7.11 Å². The second-order valence-corrected chi connectivity index (χ2v) is 6.73.